The van der Waals surface area contributed by atoms with Gasteiger partial charge in [-0.05, 0) is 72.9 Å². The van der Waals surface area contributed by atoms with E-state index in [1.165, 1.54) is 4.90 Å². The molecule has 0 aliphatic carbocycles. The summed E-state index contributed by atoms with van der Waals surface area (Å²) < 4.78 is 24.8. The second kappa shape index (κ2) is 9.92. The predicted octanol–water partition coefficient (Wildman–Crippen LogP) is 5.22. The van der Waals surface area contributed by atoms with E-state index in [-0.39, 0.29) is 24.3 Å². The lowest BCUT2D eigenvalue weighted by Gasteiger charge is -2.52. The molecule has 0 N–H and O–H groups in total. The van der Waals surface area contributed by atoms with E-state index in [1.807, 2.05) is 35.4 Å². The van der Waals surface area contributed by atoms with Gasteiger partial charge in [-0.3, -0.25) is 14.2 Å². The number of hydroxylamine groups is 2. The molecule has 2 rings (SSSR count). The molecule has 8 heteroatoms. The van der Waals surface area contributed by atoms with Gasteiger partial charge in [-0.15, -0.1) is 0 Å². The summed E-state index contributed by atoms with van der Waals surface area (Å²) in [5.74, 6) is -1.87. The van der Waals surface area contributed by atoms with Crippen molar-refractivity contribution in [1.82, 2.24) is 5.06 Å². The number of hydrogen-bond acceptors (Lipinski definition) is 6. The fourth-order valence-corrected chi connectivity index (χ4v) is 5.79. The molecule has 1 amide bonds. The van der Waals surface area contributed by atoms with E-state index in [0.29, 0.717) is 5.69 Å². The zero-order valence-corrected chi connectivity index (χ0v) is 20.3. The highest BCUT2D eigenvalue weighted by Gasteiger charge is 2.51. The monoisotopic (exact) mass is 440 g/mol. The van der Waals surface area contributed by atoms with Crippen LogP contribution in [0.1, 0.15) is 60.8 Å². The molecule has 0 spiro atoms. The molecule has 1 aromatic rings. The molecule has 7 nitrogen and oxygen atoms in total. The second-order valence-electron chi connectivity index (χ2n) is 8.84. The summed E-state index contributed by atoms with van der Waals surface area (Å²) in [7, 11) is -2.25. The SMILES string of the molecule is CCOP(=O)(OCC)C(ON1C(C)(C)CCCC1(C)C)C(=O)N(C)c1ccccc1. The van der Waals surface area contributed by atoms with E-state index in [2.05, 4.69) is 27.7 Å². The number of hydrogen-bond donors (Lipinski definition) is 0. The Balaban J connectivity index is 2.47. The maximum Gasteiger partial charge on any atom is 0.371 e. The standard InChI is InChI=1S/C22H37N2O5P/c1-8-27-30(26,28-9-2)20(19(25)23(7)18-14-11-10-12-15-18)29-24-21(3,4)16-13-17-22(24,5)6/h10-12,14-15,20H,8-9,13,16-17H2,1-7H3. The summed E-state index contributed by atoms with van der Waals surface area (Å²) in [4.78, 5) is 21.3. The molecule has 1 aromatic carbocycles. The molecule has 1 heterocycles. The summed E-state index contributed by atoms with van der Waals surface area (Å²) >= 11 is 0. The third-order valence-electron chi connectivity index (χ3n) is 5.47. The number of para-hydroxylation sites is 1. The van der Waals surface area contributed by atoms with Crippen molar-refractivity contribution in [2.24, 2.45) is 0 Å². The van der Waals surface area contributed by atoms with Crippen molar-refractivity contribution in [2.75, 3.05) is 25.2 Å². The average Bonchev–Trinajstić information content (AvgIpc) is 2.67. The number of likely N-dealkylation sites (N-methyl/N-ethyl adjacent to an activating group) is 1. The summed E-state index contributed by atoms with van der Waals surface area (Å²) in [6, 6.07) is 9.19. The van der Waals surface area contributed by atoms with Gasteiger partial charge in [-0.1, -0.05) is 18.2 Å². The van der Waals surface area contributed by atoms with Crippen LogP contribution in [0.3, 0.4) is 0 Å². The van der Waals surface area contributed by atoms with E-state index in [0.717, 1.165) is 19.3 Å². The molecule has 0 bridgehead atoms. The Bertz CT molecular complexity index is 727. The average molecular weight is 441 g/mol. The van der Waals surface area contributed by atoms with Crippen LogP contribution in [0, 0.1) is 0 Å². The van der Waals surface area contributed by atoms with Crippen LogP contribution in [0.15, 0.2) is 30.3 Å². The van der Waals surface area contributed by atoms with Gasteiger partial charge in [0.05, 0.1) is 13.2 Å². The van der Waals surface area contributed by atoms with Crippen LogP contribution in [0.4, 0.5) is 5.69 Å². The fraction of sp³-hybridized carbons (Fsp3) is 0.682. The van der Waals surface area contributed by atoms with Crippen LogP contribution in [-0.4, -0.2) is 48.2 Å². The predicted molar refractivity (Wildman–Crippen MR) is 119 cm³/mol. The van der Waals surface area contributed by atoms with E-state index in [9.17, 15) is 9.36 Å². The highest BCUT2D eigenvalue weighted by molar-refractivity contribution is 7.55. The summed E-state index contributed by atoms with van der Waals surface area (Å²) in [6.07, 6.45) is 2.86. The number of carbonyl (C=O) groups excluding carboxylic acids is 1. The molecular formula is C22H37N2O5P. The van der Waals surface area contributed by atoms with Crippen LogP contribution >= 0.6 is 7.60 Å². The highest BCUT2D eigenvalue weighted by atomic mass is 31.2. The molecule has 30 heavy (non-hydrogen) atoms. The first kappa shape index (κ1) is 25.0. The number of anilines is 1. The van der Waals surface area contributed by atoms with Crippen molar-refractivity contribution in [3.8, 4) is 0 Å². The van der Waals surface area contributed by atoms with Gasteiger partial charge in [0.25, 0.3) is 11.8 Å². The molecule has 0 aromatic heterocycles. The highest BCUT2D eigenvalue weighted by Crippen LogP contribution is 2.55. The summed E-state index contributed by atoms with van der Waals surface area (Å²) in [5, 5.41) is 1.83. The first-order valence-corrected chi connectivity index (χ1v) is 12.3. The molecular weight excluding hydrogens is 403 g/mol. The van der Waals surface area contributed by atoms with Crippen molar-refractivity contribution < 1.29 is 23.2 Å². The zero-order chi connectivity index (χ0) is 22.6. The minimum Gasteiger partial charge on any atom is -0.313 e. The van der Waals surface area contributed by atoms with Crippen molar-refractivity contribution >= 4 is 19.2 Å². The Morgan fingerprint density at radius 2 is 1.57 bits per heavy atom. The summed E-state index contributed by atoms with van der Waals surface area (Å²) in [5.41, 5.74) is -0.00297. The van der Waals surface area contributed by atoms with Crippen LogP contribution in [0.5, 0.6) is 0 Å². The van der Waals surface area contributed by atoms with Gasteiger partial charge >= 0.3 is 7.60 Å². The maximum atomic E-state index is 13.7. The van der Waals surface area contributed by atoms with Crippen LogP contribution in [0.25, 0.3) is 0 Å². The lowest BCUT2D eigenvalue weighted by molar-refractivity contribution is -0.287. The Morgan fingerprint density at radius 1 is 1.07 bits per heavy atom. The second-order valence-corrected chi connectivity index (χ2v) is 10.9. The molecule has 170 valence electrons. The van der Waals surface area contributed by atoms with Crippen molar-refractivity contribution in [1.29, 1.82) is 0 Å². The molecule has 1 unspecified atom stereocenters. The normalized spacial score (nSPS) is 20.0. The number of nitrogens with zero attached hydrogens (tertiary/aromatic N) is 2. The summed E-state index contributed by atoms with van der Waals surface area (Å²) in [6.45, 7) is 12.0. The van der Waals surface area contributed by atoms with E-state index in [4.69, 9.17) is 13.9 Å². The fourth-order valence-electron chi connectivity index (χ4n) is 4.08. The lowest BCUT2D eigenvalue weighted by atomic mass is 9.82. The Labute approximate surface area is 181 Å². The third kappa shape index (κ3) is 5.51. The smallest absolute Gasteiger partial charge is 0.313 e. The van der Waals surface area contributed by atoms with Gasteiger partial charge in [0, 0.05) is 23.8 Å². The van der Waals surface area contributed by atoms with Gasteiger partial charge in [-0.25, -0.2) is 0 Å². The van der Waals surface area contributed by atoms with Crippen molar-refractivity contribution in [3.05, 3.63) is 30.3 Å². The molecule has 1 atom stereocenters. The lowest BCUT2D eigenvalue weighted by Crippen LogP contribution is -2.60. The van der Waals surface area contributed by atoms with Crippen molar-refractivity contribution in [2.45, 2.75) is 77.7 Å². The van der Waals surface area contributed by atoms with Gasteiger partial charge in [0.1, 0.15) is 0 Å². The molecule has 0 radical (unpaired) electrons. The number of amides is 1. The van der Waals surface area contributed by atoms with Gasteiger partial charge < -0.3 is 13.9 Å². The van der Waals surface area contributed by atoms with Crippen LogP contribution in [0.2, 0.25) is 0 Å². The Hall–Kier alpha value is -1.24. The van der Waals surface area contributed by atoms with Gasteiger partial charge in [0.2, 0.25) is 0 Å². The minimum absolute atomic E-state index is 0.145. The van der Waals surface area contributed by atoms with Crippen LogP contribution < -0.4 is 4.90 Å². The van der Waals surface area contributed by atoms with E-state index < -0.39 is 19.3 Å². The number of carbonyl (C=O) groups is 1. The van der Waals surface area contributed by atoms with Crippen LogP contribution in [-0.2, 0) is 23.2 Å². The largest absolute Gasteiger partial charge is 0.371 e. The number of rotatable bonds is 9. The number of benzene rings is 1. The van der Waals surface area contributed by atoms with Gasteiger partial charge in [-0.2, -0.15) is 5.06 Å². The Morgan fingerprint density at radius 3 is 2.03 bits per heavy atom. The molecule has 1 fully saturated rings. The third-order valence-corrected chi connectivity index (χ3v) is 7.60. The quantitative estimate of drug-likeness (QED) is 0.491. The minimum atomic E-state index is -3.89. The van der Waals surface area contributed by atoms with E-state index >= 15 is 0 Å². The van der Waals surface area contributed by atoms with Gasteiger partial charge in [0.15, 0.2) is 0 Å². The first-order chi connectivity index (χ1) is 14.0. The molecule has 1 aliphatic heterocycles. The maximum absolute atomic E-state index is 13.7. The molecule has 1 aliphatic rings. The molecule has 1 saturated heterocycles. The van der Waals surface area contributed by atoms with E-state index in [1.54, 1.807) is 20.9 Å². The van der Waals surface area contributed by atoms with Crippen molar-refractivity contribution in [3.63, 3.8) is 0 Å². The number of piperidine rings is 1. The zero-order valence-electron chi connectivity index (χ0n) is 19.4. The Kier molecular flexibility index (Phi) is 8.28. The molecule has 0 saturated carbocycles. The first-order valence-electron chi connectivity index (χ1n) is 10.7. The topological polar surface area (TPSA) is 68.3 Å².